The summed E-state index contributed by atoms with van der Waals surface area (Å²) in [6, 6.07) is 1.91. The maximum atomic E-state index is 11.8. The number of nitrogens with zero attached hydrogens (tertiary/aromatic N) is 3. The van der Waals surface area contributed by atoms with Gasteiger partial charge in [-0.25, -0.2) is 0 Å². The highest BCUT2D eigenvalue weighted by atomic mass is 32.1. The molecule has 0 saturated carbocycles. The van der Waals surface area contributed by atoms with Crippen LogP contribution in [0.2, 0.25) is 0 Å². The second-order valence-corrected chi connectivity index (χ2v) is 4.72. The fourth-order valence-electron chi connectivity index (χ4n) is 1.49. The quantitative estimate of drug-likeness (QED) is 0.851. The first-order valence-corrected chi connectivity index (χ1v) is 6.12. The van der Waals surface area contributed by atoms with Crippen molar-refractivity contribution in [2.24, 2.45) is 0 Å². The van der Waals surface area contributed by atoms with Gasteiger partial charge in [-0.1, -0.05) is 12.1 Å². The number of thiophene rings is 1. The standard InChI is InChI=1S/C10H13N5OS/c1-3-7-6(2)4-8(17-7)10(16)11-5-9-12-14-15-13-9/h4H,3,5H2,1-2H3,(H,11,16)(H,12,13,14,15). The lowest BCUT2D eigenvalue weighted by molar-refractivity contribution is 0.0954. The number of nitrogens with one attached hydrogen (secondary N) is 2. The molecule has 0 aliphatic rings. The number of H-pyrrole nitrogens is 1. The molecule has 17 heavy (non-hydrogen) atoms. The predicted molar refractivity (Wildman–Crippen MR) is 63.8 cm³/mol. The van der Waals surface area contributed by atoms with Crippen molar-refractivity contribution in [3.05, 3.63) is 27.2 Å². The van der Waals surface area contributed by atoms with Gasteiger partial charge in [-0.05, 0) is 25.0 Å². The molecule has 0 radical (unpaired) electrons. The number of hydrogen-bond donors (Lipinski definition) is 2. The molecular weight excluding hydrogens is 238 g/mol. The minimum Gasteiger partial charge on any atom is -0.344 e. The zero-order chi connectivity index (χ0) is 12.3. The molecule has 2 rings (SSSR count). The van der Waals surface area contributed by atoms with Crippen LogP contribution < -0.4 is 5.32 Å². The Balaban J connectivity index is 1.99. The van der Waals surface area contributed by atoms with E-state index >= 15 is 0 Å². The number of aromatic amines is 1. The van der Waals surface area contributed by atoms with Crippen molar-refractivity contribution in [2.75, 3.05) is 0 Å². The third kappa shape index (κ3) is 2.68. The Morgan fingerprint density at radius 2 is 2.41 bits per heavy atom. The van der Waals surface area contributed by atoms with Gasteiger partial charge in [0.15, 0.2) is 5.82 Å². The van der Waals surface area contributed by atoms with Crippen LogP contribution in [0.4, 0.5) is 0 Å². The van der Waals surface area contributed by atoms with Crippen LogP contribution in [0, 0.1) is 6.92 Å². The first-order chi connectivity index (χ1) is 8.20. The molecular formula is C10H13N5OS. The van der Waals surface area contributed by atoms with E-state index in [9.17, 15) is 4.79 Å². The highest BCUT2D eigenvalue weighted by molar-refractivity contribution is 7.14. The summed E-state index contributed by atoms with van der Waals surface area (Å²) in [6.07, 6.45) is 0.953. The summed E-state index contributed by atoms with van der Waals surface area (Å²) >= 11 is 1.53. The van der Waals surface area contributed by atoms with Gasteiger partial charge in [0.1, 0.15) is 0 Å². The molecule has 0 aliphatic heterocycles. The summed E-state index contributed by atoms with van der Waals surface area (Å²) in [7, 11) is 0. The van der Waals surface area contributed by atoms with Gasteiger partial charge in [0.25, 0.3) is 5.91 Å². The van der Waals surface area contributed by atoms with E-state index in [1.807, 2.05) is 13.0 Å². The van der Waals surface area contributed by atoms with Crippen LogP contribution in [0.1, 0.15) is 32.9 Å². The summed E-state index contributed by atoms with van der Waals surface area (Å²) in [5.41, 5.74) is 1.17. The summed E-state index contributed by atoms with van der Waals surface area (Å²) in [4.78, 5) is 13.8. The third-order valence-corrected chi connectivity index (χ3v) is 3.74. The lowest BCUT2D eigenvalue weighted by Crippen LogP contribution is -2.22. The topological polar surface area (TPSA) is 83.6 Å². The zero-order valence-electron chi connectivity index (χ0n) is 9.65. The minimum atomic E-state index is -0.0948. The monoisotopic (exact) mass is 251 g/mol. The SMILES string of the molecule is CCc1sc(C(=O)NCc2nn[nH]n2)cc1C. The molecule has 0 aliphatic carbocycles. The molecule has 2 aromatic heterocycles. The van der Waals surface area contributed by atoms with Gasteiger partial charge in [-0.15, -0.1) is 21.5 Å². The van der Waals surface area contributed by atoms with Gasteiger partial charge in [0.2, 0.25) is 0 Å². The van der Waals surface area contributed by atoms with Gasteiger partial charge < -0.3 is 5.32 Å². The lowest BCUT2D eigenvalue weighted by atomic mass is 10.2. The number of hydrogen-bond acceptors (Lipinski definition) is 5. The number of tetrazole rings is 1. The highest BCUT2D eigenvalue weighted by Crippen LogP contribution is 2.22. The number of carbonyl (C=O) groups is 1. The summed E-state index contributed by atoms with van der Waals surface area (Å²) in [5, 5.41) is 16.0. The molecule has 2 heterocycles. The van der Waals surface area contributed by atoms with Gasteiger partial charge in [0.05, 0.1) is 11.4 Å². The largest absolute Gasteiger partial charge is 0.344 e. The highest BCUT2D eigenvalue weighted by Gasteiger charge is 2.11. The third-order valence-electron chi connectivity index (χ3n) is 2.36. The molecule has 0 bridgehead atoms. The Bertz CT molecular complexity index is 505. The number of aryl methyl sites for hydroxylation is 2. The average Bonchev–Trinajstić information content (AvgIpc) is 2.94. The average molecular weight is 251 g/mol. The minimum absolute atomic E-state index is 0.0948. The fourth-order valence-corrected chi connectivity index (χ4v) is 2.52. The normalized spacial score (nSPS) is 10.5. The molecule has 6 nitrogen and oxygen atoms in total. The Morgan fingerprint density at radius 1 is 1.59 bits per heavy atom. The van der Waals surface area contributed by atoms with E-state index in [2.05, 4.69) is 32.9 Å². The van der Waals surface area contributed by atoms with Crippen molar-refractivity contribution >= 4 is 17.2 Å². The Labute approximate surface area is 102 Å². The van der Waals surface area contributed by atoms with Crippen LogP contribution in [0.15, 0.2) is 6.07 Å². The van der Waals surface area contributed by atoms with E-state index in [-0.39, 0.29) is 12.5 Å². The summed E-state index contributed by atoms with van der Waals surface area (Å²) in [5.74, 6) is 0.380. The maximum absolute atomic E-state index is 11.8. The first kappa shape index (κ1) is 11.7. The van der Waals surface area contributed by atoms with Gasteiger partial charge >= 0.3 is 0 Å². The smallest absolute Gasteiger partial charge is 0.261 e. The maximum Gasteiger partial charge on any atom is 0.261 e. The van der Waals surface area contributed by atoms with Crippen LogP contribution in [-0.2, 0) is 13.0 Å². The van der Waals surface area contributed by atoms with E-state index in [1.165, 1.54) is 21.8 Å². The van der Waals surface area contributed by atoms with Gasteiger partial charge in [-0.2, -0.15) is 5.21 Å². The van der Waals surface area contributed by atoms with Crippen molar-refractivity contribution in [1.82, 2.24) is 25.9 Å². The molecule has 0 saturated heterocycles. The Morgan fingerprint density at radius 3 is 3.00 bits per heavy atom. The van der Waals surface area contributed by atoms with Crippen molar-refractivity contribution < 1.29 is 4.79 Å². The molecule has 90 valence electrons. The van der Waals surface area contributed by atoms with Crippen molar-refractivity contribution in [3.63, 3.8) is 0 Å². The molecule has 0 unspecified atom stereocenters. The van der Waals surface area contributed by atoms with E-state index < -0.39 is 0 Å². The molecule has 0 aromatic carbocycles. The van der Waals surface area contributed by atoms with Crippen LogP contribution >= 0.6 is 11.3 Å². The van der Waals surface area contributed by atoms with Crippen molar-refractivity contribution in [2.45, 2.75) is 26.8 Å². The number of aromatic nitrogens is 4. The van der Waals surface area contributed by atoms with Crippen LogP contribution in [0.25, 0.3) is 0 Å². The number of amides is 1. The van der Waals surface area contributed by atoms with Gasteiger partial charge in [-0.3, -0.25) is 4.79 Å². The van der Waals surface area contributed by atoms with Crippen LogP contribution in [0.5, 0.6) is 0 Å². The lowest BCUT2D eigenvalue weighted by Gasteiger charge is -1.98. The summed E-state index contributed by atoms with van der Waals surface area (Å²) < 4.78 is 0. The molecule has 2 aromatic rings. The second-order valence-electron chi connectivity index (χ2n) is 3.58. The Kier molecular flexibility index (Phi) is 3.48. The summed E-state index contributed by atoms with van der Waals surface area (Å²) in [6.45, 7) is 4.39. The van der Waals surface area contributed by atoms with Crippen LogP contribution in [-0.4, -0.2) is 26.5 Å². The molecule has 2 N–H and O–H groups in total. The molecule has 0 fully saturated rings. The van der Waals surface area contributed by atoms with E-state index in [0.717, 1.165) is 11.3 Å². The fraction of sp³-hybridized carbons (Fsp3) is 0.400. The Hall–Kier alpha value is -1.76. The predicted octanol–water partition coefficient (Wildman–Crippen LogP) is 1.06. The zero-order valence-corrected chi connectivity index (χ0v) is 10.5. The van der Waals surface area contributed by atoms with Crippen molar-refractivity contribution in [3.8, 4) is 0 Å². The van der Waals surface area contributed by atoms with E-state index in [1.54, 1.807) is 0 Å². The molecule has 0 atom stereocenters. The number of rotatable bonds is 4. The van der Waals surface area contributed by atoms with Crippen LogP contribution in [0.3, 0.4) is 0 Å². The van der Waals surface area contributed by atoms with E-state index in [4.69, 9.17) is 0 Å². The number of carbonyl (C=O) groups excluding carboxylic acids is 1. The second kappa shape index (κ2) is 5.05. The first-order valence-electron chi connectivity index (χ1n) is 5.30. The molecule has 7 heteroatoms. The van der Waals surface area contributed by atoms with Gasteiger partial charge in [0, 0.05) is 4.88 Å². The van der Waals surface area contributed by atoms with Crippen molar-refractivity contribution in [1.29, 1.82) is 0 Å². The molecule has 1 amide bonds. The molecule has 0 spiro atoms. The van der Waals surface area contributed by atoms with E-state index in [0.29, 0.717) is 5.82 Å².